The Morgan fingerprint density at radius 2 is 0.700 bits per heavy atom. The second-order valence-corrected chi connectivity index (χ2v) is 13.3. The monoisotopic (exact) mass is 634 g/mol. The summed E-state index contributed by atoms with van der Waals surface area (Å²) < 4.78 is 4.93. The smallest absolute Gasteiger partial charge is 0.0620 e. The molecule has 0 spiro atoms. The summed E-state index contributed by atoms with van der Waals surface area (Å²) in [5.41, 5.74) is 14.8. The maximum absolute atomic E-state index is 2.49. The summed E-state index contributed by atoms with van der Waals surface area (Å²) in [5.74, 6) is 0. The van der Waals surface area contributed by atoms with E-state index in [1.165, 1.54) is 93.3 Å². The fourth-order valence-corrected chi connectivity index (χ4v) is 8.49. The van der Waals surface area contributed by atoms with Gasteiger partial charge in [-0.2, -0.15) is 0 Å². The van der Waals surface area contributed by atoms with Crippen molar-refractivity contribution in [2.45, 2.75) is 0 Å². The second-order valence-electron chi connectivity index (χ2n) is 13.3. The average molecular weight is 635 g/mol. The predicted molar refractivity (Wildman–Crippen MR) is 212 cm³/mol. The number of para-hydroxylation sites is 5. The molecule has 11 aromatic rings. The van der Waals surface area contributed by atoms with Gasteiger partial charge in [0.2, 0.25) is 0 Å². The number of nitrogens with zero attached hydrogens (tertiary/aromatic N) is 2. The summed E-state index contributed by atoms with van der Waals surface area (Å²) in [5, 5.41) is 7.74. The van der Waals surface area contributed by atoms with Gasteiger partial charge in [-0.15, -0.1) is 0 Å². The number of aromatic nitrogens is 2. The largest absolute Gasteiger partial charge is 0.309 e. The molecule has 0 unspecified atom stereocenters. The molecule has 0 radical (unpaired) electrons. The highest BCUT2D eigenvalue weighted by molar-refractivity contribution is 6.25. The lowest BCUT2D eigenvalue weighted by Gasteiger charge is -2.13. The summed E-state index contributed by atoms with van der Waals surface area (Å²) in [7, 11) is 0. The molecule has 0 saturated carbocycles. The normalized spacial score (nSPS) is 12.0. The van der Waals surface area contributed by atoms with E-state index >= 15 is 0 Å². The summed E-state index contributed by atoms with van der Waals surface area (Å²) >= 11 is 0. The maximum atomic E-state index is 2.49. The van der Waals surface area contributed by atoms with Crippen LogP contribution in [0.1, 0.15) is 0 Å². The lowest BCUT2D eigenvalue weighted by molar-refractivity contribution is 1.18. The first kappa shape index (κ1) is 27.3. The van der Waals surface area contributed by atoms with E-state index in [9.17, 15) is 0 Å². The molecule has 0 aliphatic rings. The van der Waals surface area contributed by atoms with Crippen LogP contribution in [0.3, 0.4) is 0 Å². The van der Waals surface area contributed by atoms with Crippen LogP contribution in [-0.4, -0.2) is 8.97 Å². The number of fused-ring (bicyclic) bond motifs is 9. The van der Waals surface area contributed by atoms with E-state index in [-0.39, 0.29) is 0 Å². The molecule has 2 nitrogen and oxygen atoms in total. The van der Waals surface area contributed by atoms with Gasteiger partial charge in [-0.1, -0.05) is 158 Å². The Morgan fingerprint density at radius 1 is 0.260 bits per heavy atom. The Kier molecular flexibility index (Phi) is 5.70. The Bertz CT molecular complexity index is 3050. The lowest BCUT2D eigenvalue weighted by atomic mass is 9.98. The molecule has 0 saturated heterocycles. The quantitative estimate of drug-likeness (QED) is 0.182. The standard InChI is InChI=1S/C48H30N2/c1-2-11-31(12-3-1)32-23-25-33(26-24-32)36-15-8-17-40-38-13-4-6-21-44(38)49(46(36)40)35-29-27-34(28-30-35)37-16-9-19-42-43-20-10-18-41-39-14-5-7-22-45(39)50(47(37)42)48(41)43/h1-30H. The molecular formula is C48H30N2. The third-order valence-corrected chi connectivity index (χ3v) is 10.7. The third kappa shape index (κ3) is 3.79. The Hall–Kier alpha value is -6.64. The van der Waals surface area contributed by atoms with Crippen LogP contribution in [0.4, 0.5) is 0 Å². The van der Waals surface area contributed by atoms with Crippen LogP contribution in [-0.2, 0) is 0 Å². The maximum Gasteiger partial charge on any atom is 0.0620 e. The minimum absolute atomic E-state index is 1.15. The van der Waals surface area contributed by atoms with E-state index in [4.69, 9.17) is 0 Å². The molecule has 0 amide bonds. The Balaban J connectivity index is 1.10. The summed E-state index contributed by atoms with van der Waals surface area (Å²) in [4.78, 5) is 0. The van der Waals surface area contributed by atoms with Gasteiger partial charge in [0.15, 0.2) is 0 Å². The van der Waals surface area contributed by atoms with E-state index < -0.39 is 0 Å². The van der Waals surface area contributed by atoms with Crippen LogP contribution in [0.2, 0.25) is 0 Å². The molecule has 0 bridgehead atoms. The van der Waals surface area contributed by atoms with Crippen LogP contribution in [0.5, 0.6) is 0 Å². The van der Waals surface area contributed by atoms with Gasteiger partial charge in [-0.25, -0.2) is 0 Å². The van der Waals surface area contributed by atoms with E-state index in [0.717, 1.165) is 5.69 Å². The minimum atomic E-state index is 1.15. The van der Waals surface area contributed by atoms with Gasteiger partial charge in [0.1, 0.15) is 0 Å². The predicted octanol–water partition coefficient (Wildman–Crippen LogP) is 12.9. The zero-order valence-corrected chi connectivity index (χ0v) is 27.2. The molecule has 3 heterocycles. The van der Waals surface area contributed by atoms with Gasteiger partial charge in [0, 0.05) is 49.1 Å². The van der Waals surface area contributed by atoms with Crippen LogP contribution in [0.25, 0.3) is 99.0 Å². The highest BCUT2D eigenvalue weighted by Crippen LogP contribution is 2.43. The van der Waals surface area contributed by atoms with Gasteiger partial charge in [-0.05, 0) is 46.5 Å². The average Bonchev–Trinajstić information content (AvgIpc) is 3.84. The van der Waals surface area contributed by atoms with Crippen molar-refractivity contribution in [3.63, 3.8) is 0 Å². The van der Waals surface area contributed by atoms with Crippen LogP contribution in [0, 0.1) is 0 Å². The van der Waals surface area contributed by atoms with Gasteiger partial charge >= 0.3 is 0 Å². The van der Waals surface area contributed by atoms with Gasteiger partial charge in [-0.3, -0.25) is 0 Å². The van der Waals surface area contributed by atoms with E-state index in [1.807, 2.05) is 0 Å². The van der Waals surface area contributed by atoms with Crippen molar-refractivity contribution in [3.05, 3.63) is 182 Å². The molecular weight excluding hydrogens is 605 g/mol. The van der Waals surface area contributed by atoms with Crippen molar-refractivity contribution in [3.8, 4) is 39.1 Å². The van der Waals surface area contributed by atoms with Crippen LogP contribution in [0.15, 0.2) is 182 Å². The molecule has 0 aliphatic heterocycles. The van der Waals surface area contributed by atoms with Crippen LogP contribution >= 0.6 is 0 Å². The number of hydrogen-bond donors (Lipinski definition) is 0. The lowest BCUT2D eigenvalue weighted by Crippen LogP contribution is -1.96. The summed E-state index contributed by atoms with van der Waals surface area (Å²) in [6, 6.07) is 66.6. The topological polar surface area (TPSA) is 9.34 Å². The first-order valence-corrected chi connectivity index (χ1v) is 17.3. The Morgan fingerprint density at radius 3 is 1.40 bits per heavy atom. The van der Waals surface area contributed by atoms with Crippen molar-refractivity contribution >= 4 is 59.9 Å². The van der Waals surface area contributed by atoms with Crippen molar-refractivity contribution in [1.82, 2.24) is 8.97 Å². The highest BCUT2D eigenvalue weighted by atomic mass is 15.0. The minimum Gasteiger partial charge on any atom is -0.309 e. The van der Waals surface area contributed by atoms with Crippen LogP contribution < -0.4 is 0 Å². The van der Waals surface area contributed by atoms with Crippen molar-refractivity contribution in [1.29, 1.82) is 0 Å². The molecule has 2 heteroatoms. The van der Waals surface area contributed by atoms with E-state index in [1.54, 1.807) is 0 Å². The molecule has 0 N–H and O–H groups in total. The summed E-state index contributed by atoms with van der Waals surface area (Å²) in [6.07, 6.45) is 0. The zero-order valence-electron chi connectivity index (χ0n) is 27.2. The molecule has 0 aliphatic carbocycles. The number of rotatable bonds is 4. The zero-order chi connectivity index (χ0) is 32.8. The van der Waals surface area contributed by atoms with E-state index in [2.05, 4.69) is 191 Å². The highest BCUT2D eigenvalue weighted by Gasteiger charge is 2.20. The fraction of sp³-hybridized carbons (Fsp3) is 0. The van der Waals surface area contributed by atoms with E-state index in [0.29, 0.717) is 0 Å². The molecule has 0 atom stereocenters. The molecule has 232 valence electrons. The first-order valence-electron chi connectivity index (χ1n) is 17.3. The second kappa shape index (κ2) is 10.4. The SMILES string of the molecule is c1ccc(-c2ccc(-c3cccc4c5ccccc5n(-c5ccc(-c6cccc7c8cccc9c%10ccccc%10n(c67)c98)cc5)c34)cc2)cc1. The number of benzene rings is 8. The third-order valence-electron chi connectivity index (χ3n) is 10.7. The van der Waals surface area contributed by atoms with Crippen molar-refractivity contribution in [2.75, 3.05) is 0 Å². The molecule has 3 aromatic heterocycles. The van der Waals surface area contributed by atoms with Gasteiger partial charge in [0.25, 0.3) is 0 Å². The Labute approximate surface area is 289 Å². The summed E-state index contributed by atoms with van der Waals surface area (Å²) in [6.45, 7) is 0. The fourth-order valence-electron chi connectivity index (χ4n) is 8.49. The van der Waals surface area contributed by atoms with Crippen molar-refractivity contribution < 1.29 is 0 Å². The first-order chi connectivity index (χ1) is 24.8. The van der Waals surface area contributed by atoms with Gasteiger partial charge in [0.05, 0.1) is 27.6 Å². The molecule has 11 rings (SSSR count). The van der Waals surface area contributed by atoms with Crippen molar-refractivity contribution in [2.24, 2.45) is 0 Å². The number of hydrogen-bond acceptors (Lipinski definition) is 0. The molecule has 50 heavy (non-hydrogen) atoms. The molecule has 0 fully saturated rings. The molecule has 8 aromatic carbocycles. The van der Waals surface area contributed by atoms with Gasteiger partial charge < -0.3 is 8.97 Å².